The summed E-state index contributed by atoms with van der Waals surface area (Å²) in [7, 11) is 0. The number of aromatic nitrogens is 3. The number of carbonyl (C=O) groups is 2. The Labute approximate surface area is 209 Å². The monoisotopic (exact) mass is 493 g/mol. The molecule has 1 fully saturated rings. The van der Waals surface area contributed by atoms with Gasteiger partial charge in [-0.2, -0.15) is 5.10 Å². The first-order chi connectivity index (χ1) is 17.6. The van der Waals surface area contributed by atoms with E-state index in [1.807, 2.05) is 12.2 Å². The van der Waals surface area contributed by atoms with Crippen molar-refractivity contribution in [1.29, 1.82) is 0 Å². The van der Waals surface area contributed by atoms with Crippen LogP contribution in [0, 0.1) is 0 Å². The van der Waals surface area contributed by atoms with Gasteiger partial charge in [-0.1, -0.05) is 18.6 Å². The fraction of sp³-hybridized carbons (Fsp3) is 0.462. The molecule has 4 bridgehead atoms. The van der Waals surface area contributed by atoms with Crippen LogP contribution in [-0.2, 0) is 9.47 Å². The molecule has 10 heteroatoms. The summed E-state index contributed by atoms with van der Waals surface area (Å²) in [5.74, 6) is 0.344. The third kappa shape index (κ3) is 5.43. The third-order valence-corrected chi connectivity index (χ3v) is 6.56. The molecule has 0 aromatic carbocycles. The van der Waals surface area contributed by atoms with Crippen molar-refractivity contribution in [2.24, 2.45) is 0 Å². The van der Waals surface area contributed by atoms with Crippen LogP contribution in [0.5, 0.6) is 0 Å². The minimum Gasteiger partial charge on any atom is -0.498 e. The molecule has 0 saturated carbocycles. The van der Waals surface area contributed by atoms with E-state index in [0.717, 1.165) is 43.4 Å². The number of allylic oxidation sites excluding steroid dienone is 5. The molecule has 4 heterocycles. The number of oxazole rings is 1. The van der Waals surface area contributed by atoms with Gasteiger partial charge in [-0.25, -0.2) is 4.98 Å². The Bertz CT molecular complexity index is 1220. The van der Waals surface area contributed by atoms with Gasteiger partial charge in [0.15, 0.2) is 11.4 Å². The predicted molar refractivity (Wildman–Crippen MR) is 132 cm³/mol. The Morgan fingerprint density at radius 1 is 1.11 bits per heavy atom. The molecule has 3 aliphatic rings. The Hall–Kier alpha value is -3.66. The predicted octanol–water partition coefficient (Wildman–Crippen LogP) is 4.02. The molecule has 2 aromatic heterocycles. The number of nitrogens with one attached hydrogen (secondary N) is 2. The Morgan fingerprint density at radius 3 is 2.81 bits per heavy atom. The standard InChI is InChI=1S/C26H31N5O5/c1-2-17-5-6-18-14-20(13-17)35-10-4-3-9-27-25(33)23-21(28-24(32)22-16-36-26(18)29-22)15-31(30-23)19-7-11-34-12-8-19/h5-6,14-16,19H,2-4,7-13H2,1H3,(H,27,33)(H,28,32). The second kappa shape index (κ2) is 10.9. The third-order valence-electron chi connectivity index (χ3n) is 6.56. The topological polar surface area (TPSA) is 121 Å². The first kappa shape index (κ1) is 24.1. The Balaban J connectivity index is 1.46. The van der Waals surface area contributed by atoms with Crippen LogP contribution in [0.2, 0.25) is 0 Å². The molecule has 1 saturated heterocycles. The van der Waals surface area contributed by atoms with Gasteiger partial charge in [-0.05, 0) is 44.3 Å². The van der Waals surface area contributed by atoms with Gasteiger partial charge in [0.25, 0.3) is 11.8 Å². The molecule has 190 valence electrons. The van der Waals surface area contributed by atoms with E-state index in [1.165, 1.54) is 11.8 Å². The molecule has 2 N–H and O–H groups in total. The highest BCUT2D eigenvalue weighted by Gasteiger charge is 2.25. The second-order valence-corrected chi connectivity index (χ2v) is 9.11. The van der Waals surface area contributed by atoms with Crippen LogP contribution in [0.4, 0.5) is 5.69 Å². The second-order valence-electron chi connectivity index (χ2n) is 9.11. The number of ether oxygens (including phenoxy) is 2. The summed E-state index contributed by atoms with van der Waals surface area (Å²) in [6.07, 6.45) is 13.7. The number of anilines is 1. The largest absolute Gasteiger partial charge is 0.498 e. The minimum absolute atomic E-state index is 0.105. The normalized spacial score (nSPS) is 20.0. The minimum atomic E-state index is -0.477. The van der Waals surface area contributed by atoms with E-state index < -0.39 is 5.91 Å². The van der Waals surface area contributed by atoms with Crippen LogP contribution < -0.4 is 10.6 Å². The van der Waals surface area contributed by atoms with Crippen molar-refractivity contribution < 1.29 is 23.5 Å². The Morgan fingerprint density at radius 2 is 1.97 bits per heavy atom. The average molecular weight is 494 g/mol. The first-order valence-electron chi connectivity index (χ1n) is 12.6. The maximum absolute atomic E-state index is 13.1. The van der Waals surface area contributed by atoms with Crippen LogP contribution in [0.1, 0.15) is 78.4 Å². The quantitative estimate of drug-likeness (QED) is 0.648. The summed E-state index contributed by atoms with van der Waals surface area (Å²) in [6, 6.07) is 0.105. The summed E-state index contributed by atoms with van der Waals surface area (Å²) in [4.78, 5) is 30.5. The van der Waals surface area contributed by atoms with Gasteiger partial charge in [-0.15, -0.1) is 0 Å². The molecule has 5 rings (SSSR count). The molecule has 10 nitrogen and oxygen atoms in total. The number of carbonyl (C=O) groups excluding carboxylic acids is 2. The van der Waals surface area contributed by atoms with Crippen molar-refractivity contribution in [1.82, 2.24) is 20.1 Å². The van der Waals surface area contributed by atoms with Gasteiger partial charge < -0.3 is 24.5 Å². The summed E-state index contributed by atoms with van der Waals surface area (Å²) in [5.41, 5.74) is 2.60. The van der Waals surface area contributed by atoms with E-state index >= 15 is 0 Å². The lowest BCUT2D eigenvalue weighted by atomic mass is 10.1. The summed E-state index contributed by atoms with van der Waals surface area (Å²) < 4.78 is 18.9. The highest BCUT2D eigenvalue weighted by molar-refractivity contribution is 6.07. The molecule has 0 spiro atoms. The lowest BCUT2D eigenvalue weighted by Crippen LogP contribution is -2.27. The van der Waals surface area contributed by atoms with Crippen LogP contribution in [-0.4, -0.2) is 52.9 Å². The van der Waals surface area contributed by atoms with Crippen molar-refractivity contribution >= 4 is 23.1 Å². The molecule has 1 aliphatic carbocycles. The fourth-order valence-corrected chi connectivity index (χ4v) is 4.43. The molecule has 2 aliphatic heterocycles. The van der Waals surface area contributed by atoms with Gasteiger partial charge in [0, 0.05) is 37.9 Å². The van der Waals surface area contributed by atoms with E-state index in [9.17, 15) is 9.59 Å². The van der Waals surface area contributed by atoms with Gasteiger partial charge in [-0.3, -0.25) is 14.3 Å². The van der Waals surface area contributed by atoms with Crippen LogP contribution >= 0.6 is 0 Å². The average Bonchev–Trinajstić information content (AvgIpc) is 3.50. The first-order valence-corrected chi connectivity index (χ1v) is 12.6. The maximum Gasteiger partial charge on any atom is 0.277 e. The highest BCUT2D eigenvalue weighted by atomic mass is 16.5. The number of hydrogen-bond acceptors (Lipinski definition) is 7. The van der Waals surface area contributed by atoms with Crippen LogP contribution in [0.3, 0.4) is 0 Å². The maximum atomic E-state index is 13.1. The van der Waals surface area contributed by atoms with Gasteiger partial charge >= 0.3 is 0 Å². The molecule has 2 amide bonds. The van der Waals surface area contributed by atoms with Gasteiger partial charge in [0.1, 0.15) is 12.0 Å². The van der Waals surface area contributed by atoms with Gasteiger partial charge in [0.05, 0.1) is 18.3 Å². The van der Waals surface area contributed by atoms with E-state index in [1.54, 1.807) is 10.9 Å². The number of amides is 2. The van der Waals surface area contributed by atoms with E-state index in [-0.39, 0.29) is 23.3 Å². The smallest absolute Gasteiger partial charge is 0.277 e. The molecule has 36 heavy (non-hydrogen) atoms. The lowest BCUT2D eigenvalue weighted by Gasteiger charge is -2.22. The fourth-order valence-electron chi connectivity index (χ4n) is 4.43. The SMILES string of the molecule is CCC1=CC=C2C=C(C1)OCCCCNC(=O)c1nn(C3CCOCC3)cc1NC(=O)c1coc2n1. The zero-order valence-electron chi connectivity index (χ0n) is 20.4. The van der Waals surface area contributed by atoms with Crippen molar-refractivity contribution in [3.8, 4) is 0 Å². The summed E-state index contributed by atoms with van der Waals surface area (Å²) >= 11 is 0. The number of nitrogens with zero attached hydrogens (tertiary/aromatic N) is 3. The van der Waals surface area contributed by atoms with Crippen molar-refractivity contribution in [2.75, 3.05) is 31.7 Å². The van der Waals surface area contributed by atoms with Crippen molar-refractivity contribution in [3.63, 3.8) is 0 Å². The highest BCUT2D eigenvalue weighted by Crippen LogP contribution is 2.28. The van der Waals surface area contributed by atoms with Crippen LogP contribution in [0.15, 0.2) is 46.4 Å². The number of fused-ring (bicyclic) bond motifs is 5. The van der Waals surface area contributed by atoms with E-state index in [2.05, 4.69) is 33.7 Å². The molecule has 0 radical (unpaired) electrons. The molecular formula is C26H31N5O5. The summed E-state index contributed by atoms with van der Waals surface area (Å²) in [5, 5.41) is 10.3. The Kier molecular flexibility index (Phi) is 7.31. The molecular weight excluding hydrogens is 462 g/mol. The molecule has 0 unspecified atom stereocenters. The number of hydrogen-bond donors (Lipinski definition) is 2. The van der Waals surface area contributed by atoms with E-state index in [4.69, 9.17) is 13.9 Å². The zero-order chi connectivity index (χ0) is 24.9. The molecule has 0 atom stereocenters. The zero-order valence-corrected chi connectivity index (χ0v) is 20.4. The van der Waals surface area contributed by atoms with E-state index in [0.29, 0.717) is 44.4 Å². The van der Waals surface area contributed by atoms with Crippen molar-refractivity contribution in [2.45, 2.75) is 51.5 Å². The van der Waals surface area contributed by atoms with Gasteiger partial charge in [0.2, 0.25) is 5.89 Å². The summed E-state index contributed by atoms with van der Waals surface area (Å²) in [6.45, 7) is 4.40. The molecule has 2 aromatic rings. The lowest BCUT2D eigenvalue weighted by molar-refractivity contribution is 0.0660. The van der Waals surface area contributed by atoms with Crippen molar-refractivity contribution in [3.05, 3.63) is 59.3 Å². The number of rotatable bonds is 2. The van der Waals surface area contributed by atoms with Crippen LogP contribution in [0.25, 0.3) is 5.57 Å².